The third kappa shape index (κ3) is 10.1. The fraction of sp³-hybridized carbons (Fsp3) is 0.409. The molecule has 0 aromatic heterocycles. The fourth-order valence-corrected chi connectivity index (χ4v) is 10.0. The highest BCUT2D eigenvalue weighted by atomic mass is 35.5. The number of fused-ring (bicyclic) bond motifs is 2. The van der Waals surface area contributed by atoms with Gasteiger partial charge in [-0.3, -0.25) is 38.6 Å². The third-order valence-corrected chi connectivity index (χ3v) is 13.2. The van der Waals surface area contributed by atoms with E-state index in [9.17, 15) is 28.8 Å². The normalized spacial score (nSPS) is 13.9. The lowest BCUT2D eigenvalue weighted by atomic mass is 9.82. The molecule has 0 unspecified atom stereocenters. The van der Waals surface area contributed by atoms with Crippen molar-refractivity contribution in [3.63, 3.8) is 0 Å². The standard InChI is InChI=1S/C44H42Cl4N2O12S2/c1-23(51)63-17-15-61-13-11-59-9-7-57-5-3-49-41(53)25-19-29(45)35-37-31(47)21-27-34-28(22-32(48)38(40(34)37)36-30(46)20-26(42(49)54)33(25)39(35)36)44(56)50(43(27)55)4-6-58-8-10-60-12-14-62-16-18-64-24(2)52/h19-22H,3-18H2,1-2H3. The molecule has 0 saturated heterocycles. The number of benzene rings is 5. The van der Waals surface area contributed by atoms with E-state index >= 15 is 0 Å². The summed E-state index contributed by atoms with van der Waals surface area (Å²) >= 11 is 30.8. The summed E-state index contributed by atoms with van der Waals surface area (Å²) in [7, 11) is 0. The highest BCUT2D eigenvalue weighted by Gasteiger charge is 2.39. The van der Waals surface area contributed by atoms with Gasteiger partial charge in [0.2, 0.25) is 0 Å². The maximum atomic E-state index is 14.1. The zero-order chi connectivity index (χ0) is 45.7. The van der Waals surface area contributed by atoms with Gasteiger partial charge < -0.3 is 28.4 Å². The van der Waals surface area contributed by atoms with Crippen molar-refractivity contribution < 1.29 is 57.2 Å². The first-order valence-corrected chi connectivity index (χ1v) is 23.7. The van der Waals surface area contributed by atoms with Crippen LogP contribution in [0.2, 0.25) is 20.1 Å². The first kappa shape index (κ1) is 48.6. The molecule has 5 aromatic carbocycles. The van der Waals surface area contributed by atoms with E-state index in [2.05, 4.69) is 0 Å². The molecule has 14 nitrogen and oxygen atoms in total. The molecule has 0 atom stereocenters. The SMILES string of the molecule is CC(=O)SCCOCCOCCOCCN1C(=O)c2cc(Cl)c3c4c(Cl)cc5c6c(cc(Cl)c(c7c(Cl)cc(c2c37)C1=O)c64)C(=O)N(CCOCCOCCOCCSC(C)=O)C5=O. The van der Waals surface area contributed by atoms with Crippen molar-refractivity contribution in [3.8, 4) is 0 Å². The van der Waals surface area contributed by atoms with E-state index in [1.807, 2.05) is 0 Å². The van der Waals surface area contributed by atoms with Crippen LogP contribution in [-0.2, 0) is 38.0 Å². The number of thioether (sulfide) groups is 2. The molecule has 0 N–H and O–H groups in total. The molecule has 2 aliphatic rings. The van der Waals surface area contributed by atoms with E-state index in [-0.39, 0.29) is 105 Å². The molecule has 340 valence electrons. The van der Waals surface area contributed by atoms with Crippen molar-refractivity contribution in [1.29, 1.82) is 0 Å². The molecule has 20 heteroatoms. The highest BCUT2D eigenvalue weighted by molar-refractivity contribution is 8.13. The van der Waals surface area contributed by atoms with Gasteiger partial charge in [0.1, 0.15) is 0 Å². The Bertz CT molecular complexity index is 2350. The van der Waals surface area contributed by atoms with Gasteiger partial charge in [-0.25, -0.2) is 0 Å². The Morgan fingerprint density at radius 1 is 0.406 bits per heavy atom. The molecule has 0 bridgehead atoms. The molecule has 4 amide bonds. The number of imide groups is 2. The van der Waals surface area contributed by atoms with Crippen LogP contribution in [0, 0.1) is 0 Å². The van der Waals surface area contributed by atoms with Crippen molar-refractivity contribution in [2.45, 2.75) is 13.8 Å². The Morgan fingerprint density at radius 3 is 0.922 bits per heavy atom. The van der Waals surface area contributed by atoms with Crippen LogP contribution in [0.1, 0.15) is 55.3 Å². The average Bonchev–Trinajstić information content (AvgIpc) is 3.25. The van der Waals surface area contributed by atoms with E-state index in [0.717, 1.165) is 9.80 Å². The number of carbonyl (C=O) groups is 6. The topological polar surface area (TPSA) is 164 Å². The van der Waals surface area contributed by atoms with Crippen LogP contribution in [0.5, 0.6) is 0 Å². The van der Waals surface area contributed by atoms with E-state index < -0.39 is 23.6 Å². The lowest BCUT2D eigenvalue weighted by Crippen LogP contribution is -2.42. The summed E-state index contributed by atoms with van der Waals surface area (Å²) in [5, 5.41) is 3.56. The largest absolute Gasteiger partial charge is 0.378 e. The van der Waals surface area contributed by atoms with Gasteiger partial charge in [0.05, 0.1) is 115 Å². The number of ether oxygens (including phenoxy) is 6. The smallest absolute Gasteiger partial charge is 0.261 e. The molecular weight excluding hydrogens is 954 g/mol. The van der Waals surface area contributed by atoms with Crippen LogP contribution >= 0.6 is 69.9 Å². The number of hydrogen-bond donors (Lipinski definition) is 0. The minimum atomic E-state index is -0.581. The predicted molar refractivity (Wildman–Crippen MR) is 250 cm³/mol. The Kier molecular flexibility index (Phi) is 16.7. The molecular formula is C44H42Cl4N2O12S2. The van der Waals surface area contributed by atoms with Gasteiger partial charge in [-0.2, -0.15) is 0 Å². The minimum Gasteiger partial charge on any atom is -0.378 e. The van der Waals surface area contributed by atoms with Crippen molar-refractivity contribution in [2.75, 3.05) is 104 Å². The number of carbonyl (C=O) groups excluding carboxylic acids is 6. The molecule has 0 fully saturated rings. The Hall–Kier alpha value is -3.36. The Balaban J connectivity index is 1.07. The fourth-order valence-electron chi connectivity index (χ4n) is 7.85. The van der Waals surface area contributed by atoms with Crippen LogP contribution in [0.3, 0.4) is 0 Å². The molecule has 5 aromatic rings. The van der Waals surface area contributed by atoms with Crippen molar-refractivity contribution in [1.82, 2.24) is 9.80 Å². The Labute approximate surface area is 396 Å². The number of rotatable bonds is 24. The maximum Gasteiger partial charge on any atom is 0.261 e. The molecule has 2 heterocycles. The molecule has 64 heavy (non-hydrogen) atoms. The second-order valence-corrected chi connectivity index (χ2v) is 18.7. The van der Waals surface area contributed by atoms with Crippen LogP contribution < -0.4 is 0 Å². The zero-order valence-electron chi connectivity index (χ0n) is 34.7. The quantitative estimate of drug-likeness (QED) is 0.0251. The minimum absolute atomic E-state index is 0.0375. The second-order valence-electron chi connectivity index (χ2n) is 14.5. The summed E-state index contributed by atoms with van der Waals surface area (Å²) in [6, 6.07) is 5.96. The Morgan fingerprint density at radius 2 is 0.656 bits per heavy atom. The second kappa shape index (κ2) is 22.0. The first-order valence-electron chi connectivity index (χ1n) is 20.3. The van der Waals surface area contributed by atoms with Gasteiger partial charge in [0.15, 0.2) is 10.2 Å². The maximum absolute atomic E-state index is 14.1. The summed E-state index contributed by atoms with van der Waals surface area (Å²) < 4.78 is 33.2. The average molecular weight is 997 g/mol. The summed E-state index contributed by atoms with van der Waals surface area (Å²) in [6.07, 6.45) is 0. The zero-order valence-corrected chi connectivity index (χ0v) is 39.4. The molecule has 0 radical (unpaired) electrons. The summed E-state index contributed by atoms with van der Waals surface area (Å²) in [4.78, 5) is 80.5. The summed E-state index contributed by atoms with van der Waals surface area (Å²) in [5.41, 5.74) is 0.678. The molecule has 2 aliphatic heterocycles. The number of nitrogens with zero attached hydrogens (tertiary/aromatic N) is 2. The van der Waals surface area contributed by atoms with E-state index in [1.165, 1.54) is 61.6 Å². The predicted octanol–water partition coefficient (Wildman–Crippen LogP) is 8.20. The van der Waals surface area contributed by atoms with Crippen LogP contribution in [0.25, 0.3) is 43.1 Å². The van der Waals surface area contributed by atoms with Crippen molar-refractivity contribution in [2.24, 2.45) is 0 Å². The van der Waals surface area contributed by atoms with Gasteiger partial charge in [-0.05, 0) is 24.3 Å². The van der Waals surface area contributed by atoms with Gasteiger partial charge in [0, 0.05) is 88.5 Å². The van der Waals surface area contributed by atoms with Gasteiger partial charge >= 0.3 is 0 Å². The van der Waals surface area contributed by atoms with Crippen molar-refractivity contribution in [3.05, 3.63) is 66.6 Å². The molecule has 0 aliphatic carbocycles. The van der Waals surface area contributed by atoms with Crippen molar-refractivity contribution >= 4 is 147 Å². The number of amides is 4. The van der Waals surface area contributed by atoms with Crippen LogP contribution in [-0.4, -0.2) is 148 Å². The van der Waals surface area contributed by atoms with Gasteiger partial charge in [-0.15, -0.1) is 0 Å². The lowest BCUT2D eigenvalue weighted by molar-refractivity contribution is -0.109. The van der Waals surface area contributed by atoms with Crippen LogP contribution in [0.4, 0.5) is 0 Å². The summed E-state index contributed by atoms with van der Waals surface area (Å²) in [6.45, 7) is 6.24. The third-order valence-electron chi connectivity index (χ3n) is 10.5. The number of halogens is 4. The summed E-state index contributed by atoms with van der Waals surface area (Å²) in [5.74, 6) is -1.17. The lowest BCUT2D eigenvalue weighted by Gasteiger charge is -2.31. The van der Waals surface area contributed by atoms with Gasteiger partial charge in [-0.1, -0.05) is 69.9 Å². The van der Waals surface area contributed by atoms with Gasteiger partial charge in [0.25, 0.3) is 23.6 Å². The van der Waals surface area contributed by atoms with Crippen LogP contribution in [0.15, 0.2) is 24.3 Å². The highest BCUT2D eigenvalue weighted by Crippen LogP contribution is 2.53. The van der Waals surface area contributed by atoms with E-state index in [4.69, 9.17) is 74.8 Å². The molecule has 0 saturated carbocycles. The first-order chi connectivity index (χ1) is 30.8. The monoisotopic (exact) mass is 994 g/mol. The molecule has 0 spiro atoms. The van der Waals surface area contributed by atoms with E-state index in [0.29, 0.717) is 94.2 Å². The number of hydrogen-bond acceptors (Lipinski definition) is 14. The van der Waals surface area contributed by atoms with E-state index in [1.54, 1.807) is 0 Å². The molecule has 7 rings (SSSR count).